The second-order valence-electron chi connectivity index (χ2n) is 9.58. The SMILES string of the molecule is Cc1ccc(-c2cnc3c(c2)C(=O)N([C@H](C)CO)C[C@H](C)[C@@H](CN(C)C(=O)CN(C)C)O3)cc1. The molecule has 8 heteroatoms. The second-order valence-corrected chi connectivity index (χ2v) is 9.58. The van der Waals surface area contributed by atoms with Crippen LogP contribution in [0.15, 0.2) is 36.5 Å². The van der Waals surface area contributed by atoms with Crippen LogP contribution in [-0.2, 0) is 4.79 Å². The summed E-state index contributed by atoms with van der Waals surface area (Å²) in [5.74, 6) is -0.0666. The Kier molecular flexibility index (Phi) is 8.28. The molecule has 184 valence electrons. The van der Waals surface area contributed by atoms with E-state index in [9.17, 15) is 14.7 Å². The minimum Gasteiger partial charge on any atom is -0.472 e. The number of aromatic nitrogens is 1. The zero-order valence-electron chi connectivity index (χ0n) is 21.0. The highest BCUT2D eigenvalue weighted by molar-refractivity contribution is 5.98. The monoisotopic (exact) mass is 468 g/mol. The van der Waals surface area contributed by atoms with Gasteiger partial charge in [0.1, 0.15) is 11.7 Å². The minimum absolute atomic E-state index is 0.0116. The molecular formula is C26H36N4O4. The van der Waals surface area contributed by atoms with Crippen LogP contribution in [0.3, 0.4) is 0 Å². The molecule has 0 aliphatic carbocycles. The molecule has 1 aliphatic heterocycles. The summed E-state index contributed by atoms with van der Waals surface area (Å²) in [6.45, 7) is 6.76. The van der Waals surface area contributed by atoms with Gasteiger partial charge in [0.2, 0.25) is 11.8 Å². The quantitative estimate of drug-likeness (QED) is 0.671. The van der Waals surface area contributed by atoms with Gasteiger partial charge in [-0.3, -0.25) is 9.59 Å². The Hall–Kier alpha value is -2.97. The molecule has 0 bridgehead atoms. The highest BCUT2D eigenvalue weighted by Crippen LogP contribution is 2.30. The Labute approximate surface area is 202 Å². The number of hydrogen-bond donors (Lipinski definition) is 1. The number of aryl methyl sites for hydroxylation is 1. The molecule has 2 aromatic rings. The van der Waals surface area contributed by atoms with Gasteiger partial charge in [-0.05, 0) is 39.6 Å². The normalized spacial score (nSPS) is 19.2. The molecule has 1 aromatic heterocycles. The number of aliphatic hydroxyl groups excluding tert-OH is 1. The predicted octanol–water partition coefficient (Wildman–Crippen LogP) is 2.30. The summed E-state index contributed by atoms with van der Waals surface area (Å²) in [4.78, 5) is 35.8. The first-order valence-electron chi connectivity index (χ1n) is 11.6. The van der Waals surface area contributed by atoms with E-state index in [1.807, 2.05) is 64.0 Å². The maximum absolute atomic E-state index is 13.6. The summed E-state index contributed by atoms with van der Waals surface area (Å²) in [6, 6.07) is 9.47. The standard InChI is InChI=1S/C26H36N4O4/c1-17-7-9-20(10-8-17)21-11-22-25(27-12-21)34-23(14-29(6)24(32)15-28(4)5)18(2)13-30(26(22)33)19(3)16-31/h7-12,18-19,23,31H,13-16H2,1-6H3/t18-,19+,23+/m0/s1. The lowest BCUT2D eigenvalue weighted by Crippen LogP contribution is -2.51. The third-order valence-corrected chi connectivity index (χ3v) is 6.24. The number of likely N-dealkylation sites (N-methyl/N-ethyl adjacent to an activating group) is 2. The minimum atomic E-state index is -0.367. The summed E-state index contributed by atoms with van der Waals surface area (Å²) < 4.78 is 6.29. The van der Waals surface area contributed by atoms with Crippen molar-refractivity contribution < 1.29 is 19.4 Å². The van der Waals surface area contributed by atoms with Crippen LogP contribution in [-0.4, -0.2) is 96.1 Å². The van der Waals surface area contributed by atoms with Crippen molar-refractivity contribution in [2.75, 3.05) is 47.4 Å². The molecule has 3 atom stereocenters. The molecule has 0 unspecified atom stereocenters. The van der Waals surface area contributed by atoms with Gasteiger partial charge >= 0.3 is 0 Å². The topological polar surface area (TPSA) is 86.2 Å². The fourth-order valence-corrected chi connectivity index (χ4v) is 3.99. The molecule has 34 heavy (non-hydrogen) atoms. The number of carbonyl (C=O) groups is 2. The van der Waals surface area contributed by atoms with Crippen molar-refractivity contribution in [1.82, 2.24) is 19.7 Å². The molecule has 0 saturated carbocycles. The van der Waals surface area contributed by atoms with Gasteiger partial charge in [-0.15, -0.1) is 0 Å². The van der Waals surface area contributed by atoms with Gasteiger partial charge in [-0.2, -0.15) is 0 Å². The lowest BCUT2D eigenvalue weighted by Gasteiger charge is -2.37. The molecule has 3 rings (SSSR count). The number of amides is 2. The Morgan fingerprint density at radius 2 is 1.91 bits per heavy atom. The van der Waals surface area contributed by atoms with Crippen molar-refractivity contribution in [2.45, 2.75) is 32.9 Å². The van der Waals surface area contributed by atoms with Crippen molar-refractivity contribution in [3.8, 4) is 17.0 Å². The number of aliphatic hydroxyl groups is 1. The molecule has 8 nitrogen and oxygen atoms in total. The Balaban J connectivity index is 1.98. The molecule has 1 aromatic carbocycles. The first kappa shape index (κ1) is 25.6. The van der Waals surface area contributed by atoms with E-state index in [0.717, 1.165) is 16.7 Å². The number of hydrogen-bond acceptors (Lipinski definition) is 6. The van der Waals surface area contributed by atoms with Crippen LogP contribution < -0.4 is 4.74 Å². The molecule has 2 heterocycles. The third-order valence-electron chi connectivity index (χ3n) is 6.24. The summed E-state index contributed by atoms with van der Waals surface area (Å²) >= 11 is 0. The molecule has 0 fully saturated rings. The number of pyridine rings is 1. The number of carbonyl (C=O) groups excluding carboxylic acids is 2. The largest absolute Gasteiger partial charge is 0.472 e. The van der Waals surface area contributed by atoms with Crippen LogP contribution in [0.1, 0.15) is 29.8 Å². The maximum Gasteiger partial charge on any atom is 0.259 e. The van der Waals surface area contributed by atoms with Crippen LogP contribution in [0, 0.1) is 12.8 Å². The van der Waals surface area contributed by atoms with Gasteiger partial charge in [0.15, 0.2) is 0 Å². The molecular weight excluding hydrogens is 432 g/mol. The van der Waals surface area contributed by atoms with Gasteiger partial charge < -0.3 is 24.5 Å². The molecule has 1 aliphatic rings. The predicted molar refractivity (Wildman–Crippen MR) is 132 cm³/mol. The van der Waals surface area contributed by atoms with Crippen molar-refractivity contribution >= 4 is 11.8 Å². The van der Waals surface area contributed by atoms with Crippen molar-refractivity contribution in [2.24, 2.45) is 5.92 Å². The highest BCUT2D eigenvalue weighted by atomic mass is 16.5. The Morgan fingerprint density at radius 3 is 2.53 bits per heavy atom. The van der Waals surface area contributed by atoms with E-state index in [-0.39, 0.29) is 42.4 Å². The first-order chi connectivity index (χ1) is 16.1. The zero-order chi connectivity index (χ0) is 25.0. The van der Waals surface area contributed by atoms with Crippen LogP contribution in [0.2, 0.25) is 0 Å². The van der Waals surface area contributed by atoms with E-state index < -0.39 is 0 Å². The van der Waals surface area contributed by atoms with Gasteiger partial charge in [-0.25, -0.2) is 4.98 Å². The Bertz CT molecular complexity index is 1010. The second kappa shape index (κ2) is 11.0. The Morgan fingerprint density at radius 1 is 1.24 bits per heavy atom. The molecule has 2 amide bonds. The highest BCUT2D eigenvalue weighted by Gasteiger charge is 2.34. The summed E-state index contributed by atoms with van der Waals surface area (Å²) in [7, 11) is 5.47. The van der Waals surface area contributed by atoms with E-state index in [1.54, 1.807) is 29.1 Å². The van der Waals surface area contributed by atoms with Gasteiger partial charge in [0.25, 0.3) is 5.91 Å². The number of rotatable bonds is 7. The number of fused-ring (bicyclic) bond motifs is 1. The average Bonchev–Trinajstić information content (AvgIpc) is 2.80. The van der Waals surface area contributed by atoms with Crippen LogP contribution in [0.25, 0.3) is 11.1 Å². The van der Waals surface area contributed by atoms with Crippen LogP contribution >= 0.6 is 0 Å². The fourth-order valence-electron chi connectivity index (χ4n) is 3.99. The molecule has 0 radical (unpaired) electrons. The van der Waals surface area contributed by atoms with Gasteiger partial charge in [0.05, 0.1) is 25.7 Å². The number of ether oxygens (including phenoxy) is 1. The fraction of sp³-hybridized carbons (Fsp3) is 0.500. The summed E-state index contributed by atoms with van der Waals surface area (Å²) in [5.41, 5.74) is 3.28. The van der Waals surface area contributed by atoms with E-state index >= 15 is 0 Å². The average molecular weight is 469 g/mol. The van der Waals surface area contributed by atoms with E-state index in [2.05, 4.69) is 4.98 Å². The van der Waals surface area contributed by atoms with Gasteiger partial charge in [0, 0.05) is 31.3 Å². The van der Waals surface area contributed by atoms with Gasteiger partial charge in [-0.1, -0.05) is 36.8 Å². The third kappa shape index (κ3) is 5.93. The van der Waals surface area contributed by atoms with Crippen molar-refractivity contribution in [3.63, 3.8) is 0 Å². The van der Waals surface area contributed by atoms with Crippen LogP contribution in [0.4, 0.5) is 0 Å². The van der Waals surface area contributed by atoms with Crippen molar-refractivity contribution in [1.29, 1.82) is 0 Å². The van der Waals surface area contributed by atoms with E-state index in [4.69, 9.17) is 4.74 Å². The molecule has 1 N–H and O–H groups in total. The van der Waals surface area contributed by atoms with E-state index in [0.29, 0.717) is 25.2 Å². The number of benzene rings is 1. The lowest BCUT2D eigenvalue weighted by molar-refractivity contribution is -0.132. The smallest absolute Gasteiger partial charge is 0.259 e. The summed E-state index contributed by atoms with van der Waals surface area (Å²) in [6.07, 6.45) is 1.34. The number of nitrogens with zero attached hydrogens (tertiary/aromatic N) is 4. The van der Waals surface area contributed by atoms with Crippen LogP contribution in [0.5, 0.6) is 5.88 Å². The molecule has 0 spiro atoms. The lowest BCUT2D eigenvalue weighted by atomic mass is 9.99. The first-order valence-corrected chi connectivity index (χ1v) is 11.6. The van der Waals surface area contributed by atoms with E-state index in [1.165, 1.54) is 0 Å². The summed E-state index contributed by atoms with van der Waals surface area (Å²) in [5, 5.41) is 9.83. The molecule has 0 saturated heterocycles. The maximum atomic E-state index is 13.6. The van der Waals surface area contributed by atoms with Crippen molar-refractivity contribution in [3.05, 3.63) is 47.7 Å². The zero-order valence-corrected chi connectivity index (χ0v) is 21.0.